The minimum Gasteiger partial charge on any atom is -0.483 e. The Balaban J connectivity index is 2.28. The van der Waals surface area contributed by atoms with E-state index in [4.69, 9.17) is 16.2 Å². The minimum absolute atomic E-state index is 0.104. The van der Waals surface area contributed by atoms with Crippen LogP contribution in [-0.4, -0.2) is 31.6 Å². The average Bonchev–Trinajstić information content (AvgIpc) is 2.41. The molecule has 0 unspecified atom stereocenters. The molecule has 3 amide bonds. The number of hydrogen-bond donors (Lipinski definition) is 4. The molecule has 0 aliphatic carbocycles. The van der Waals surface area contributed by atoms with Gasteiger partial charge in [0.15, 0.2) is 6.61 Å². The summed E-state index contributed by atoms with van der Waals surface area (Å²) in [6.45, 7) is 0.817. The number of carbonyl (C=O) groups is 2. The number of rotatable bonds is 7. The zero-order valence-electron chi connectivity index (χ0n) is 10.5. The molecule has 104 valence electrons. The van der Waals surface area contributed by atoms with Gasteiger partial charge in [0, 0.05) is 25.2 Å². The lowest BCUT2D eigenvalue weighted by Crippen LogP contribution is -2.38. The van der Waals surface area contributed by atoms with Crippen LogP contribution in [0.25, 0.3) is 0 Å². The molecule has 7 nitrogen and oxygen atoms in total. The highest BCUT2D eigenvalue weighted by Gasteiger charge is 2.05. The van der Waals surface area contributed by atoms with Gasteiger partial charge in [-0.1, -0.05) is 18.2 Å². The first-order valence-corrected chi connectivity index (χ1v) is 5.84. The smallest absolute Gasteiger partial charge is 0.312 e. The molecule has 0 atom stereocenters. The van der Waals surface area contributed by atoms with Crippen LogP contribution < -0.4 is 26.8 Å². The number of nitrogens with one attached hydrogen (secondary N) is 2. The van der Waals surface area contributed by atoms with Gasteiger partial charge in [0.25, 0.3) is 5.91 Å². The Kier molecular flexibility index (Phi) is 6.17. The number of primary amides is 1. The van der Waals surface area contributed by atoms with Crippen LogP contribution in [0.1, 0.15) is 5.56 Å². The van der Waals surface area contributed by atoms with Crippen LogP contribution in [-0.2, 0) is 11.3 Å². The highest BCUT2D eigenvalue weighted by Crippen LogP contribution is 2.16. The molecule has 6 N–H and O–H groups in total. The molecule has 7 heteroatoms. The summed E-state index contributed by atoms with van der Waals surface area (Å²) in [5, 5.41) is 4.94. The molecular weight excluding hydrogens is 248 g/mol. The van der Waals surface area contributed by atoms with Crippen LogP contribution in [0.15, 0.2) is 24.3 Å². The molecule has 0 spiro atoms. The van der Waals surface area contributed by atoms with Crippen molar-refractivity contribution < 1.29 is 14.3 Å². The van der Waals surface area contributed by atoms with Crippen LogP contribution in [0.5, 0.6) is 5.75 Å². The second kappa shape index (κ2) is 7.93. The van der Waals surface area contributed by atoms with E-state index in [9.17, 15) is 9.59 Å². The predicted octanol–water partition coefficient (Wildman–Crippen LogP) is -0.691. The van der Waals surface area contributed by atoms with Crippen LogP contribution in [0, 0.1) is 0 Å². The second-order valence-corrected chi connectivity index (χ2v) is 3.74. The second-order valence-electron chi connectivity index (χ2n) is 3.74. The van der Waals surface area contributed by atoms with Gasteiger partial charge in [0.05, 0.1) is 0 Å². The molecular formula is C12H18N4O3. The molecule has 0 radical (unpaired) electrons. The van der Waals surface area contributed by atoms with E-state index >= 15 is 0 Å². The Morgan fingerprint density at radius 3 is 2.53 bits per heavy atom. The summed E-state index contributed by atoms with van der Waals surface area (Å²) in [4.78, 5) is 21.8. The van der Waals surface area contributed by atoms with Crippen LogP contribution in [0.3, 0.4) is 0 Å². The third-order valence-electron chi connectivity index (χ3n) is 2.30. The normalized spacial score (nSPS) is 9.74. The number of ether oxygens (including phenoxy) is 1. The Bertz CT molecular complexity index is 437. The lowest BCUT2D eigenvalue weighted by atomic mass is 10.2. The van der Waals surface area contributed by atoms with Crippen molar-refractivity contribution >= 4 is 11.9 Å². The van der Waals surface area contributed by atoms with Gasteiger partial charge in [-0.3, -0.25) is 4.79 Å². The number of urea groups is 1. The Labute approximate surface area is 111 Å². The Morgan fingerprint density at radius 2 is 1.84 bits per heavy atom. The lowest BCUT2D eigenvalue weighted by molar-refractivity contribution is -0.123. The summed E-state index contributed by atoms with van der Waals surface area (Å²) < 4.78 is 5.36. The SMILES string of the molecule is NCc1ccccc1OCC(=O)NCCNC(N)=O. The first-order chi connectivity index (χ1) is 9.13. The molecule has 0 saturated heterocycles. The largest absolute Gasteiger partial charge is 0.483 e. The van der Waals surface area contributed by atoms with E-state index in [1.807, 2.05) is 18.2 Å². The maximum absolute atomic E-state index is 11.4. The van der Waals surface area contributed by atoms with E-state index in [0.717, 1.165) is 5.56 Å². The molecule has 0 fully saturated rings. The van der Waals surface area contributed by atoms with Gasteiger partial charge < -0.3 is 26.8 Å². The summed E-state index contributed by atoms with van der Waals surface area (Å²) in [5.41, 5.74) is 11.3. The molecule has 1 aromatic rings. The van der Waals surface area contributed by atoms with Gasteiger partial charge in [-0.15, -0.1) is 0 Å². The Morgan fingerprint density at radius 1 is 1.16 bits per heavy atom. The van der Waals surface area contributed by atoms with E-state index in [-0.39, 0.29) is 19.1 Å². The van der Waals surface area contributed by atoms with Gasteiger partial charge in [0.2, 0.25) is 0 Å². The van der Waals surface area contributed by atoms with E-state index in [0.29, 0.717) is 18.8 Å². The monoisotopic (exact) mass is 266 g/mol. The maximum Gasteiger partial charge on any atom is 0.312 e. The fraction of sp³-hybridized carbons (Fsp3) is 0.333. The number of hydrogen-bond acceptors (Lipinski definition) is 4. The van der Waals surface area contributed by atoms with Crippen molar-refractivity contribution in [2.24, 2.45) is 11.5 Å². The zero-order valence-corrected chi connectivity index (χ0v) is 10.5. The summed E-state index contributed by atoms with van der Waals surface area (Å²) in [6, 6.07) is 6.63. The minimum atomic E-state index is -0.623. The predicted molar refractivity (Wildman–Crippen MR) is 70.4 cm³/mol. The van der Waals surface area contributed by atoms with Crippen LogP contribution >= 0.6 is 0 Å². The van der Waals surface area contributed by atoms with E-state index in [1.54, 1.807) is 6.07 Å². The van der Waals surface area contributed by atoms with E-state index in [1.165, 1.54) is 0 Å². The van der Waals surface area contributed by atoms with E-state index < -0.39 is 6.03 Å². The van der Waals surface area contributed by atoms with Crippen molar-refractivity contribution in [3.63, 3.8) is 0 Å². The van der Waals surface area contributed by atoms with Crippen molar-refractivity contribution in [2.75, 3.05) is 19.7 Å². The van der Waals surface area contributed by atoms with Crippen molar-refractivity contribution in [1.82, 2.24) is 10.6 Å². The third-order valence-corrected chi connectivity index (χ3v) is 2.30. The van der Waals surface area contributed by atoms with Crippen LogP contribution in [0.2, 0.25) is 0 Å². The number of nitrogens with two attached hydrogens (primary N) is 2. The zero-order chi connectivity index (χ0) is 14.1. The fourth-order valence-corrected chi connectivity index (χ4v) is 1.40. The molecule has 0 bridgehead atoms. The average molecular weight is 266 g/mol. The van der Waals surface area contributed by atoms with Crippen molar-refractivity contribution in [1.29, 1.82) is 0 Å². The summed E-state index contributed by atoms with van der Waals surface area (Å²) in [7, 11) is 0. The molecule has 0 aliphatic rings. The molecule has 1 aromatic carbocycles. The molecule has 19 heavy (non-hydrogen) atoms. The van der Waals surface area contributed by atoms with Gasteiger partial charge in [0.1, 0.15) is 5.75 Å². The van der Waals surface area contributed by atoms with Crippen molar-refractivity contribution in [3.05, 3.63) is 29.8 Å². The maximum atomic E-state index is 11.4. The summed E-state index contributed by atoms with van der Waals surface area (Å²) >= 11 is 0. The number of para-hydroxylation sites is 1. The topological polar surface area (TPSA) is 119 Å². The Hall–Kier alpha value is -2.28. The summed E-state index contributed by atoms with van der Waals surface area (Å²) in [6.07, 6.45) is 0. The first-order valence-electron chi connectivity index (χ1n) is 5.84. The number of carbonyl (C=O) groups excluding carboxylic acids is 2. The third kappa shape index (κ3) is 5.73. The van der Waals surface area contributed by atoms with E-state index in [2.05, 4.69) is 10.6 Å². The standard InChI is InChI=1S/C12H18N4O3/c13-7-9-3-1-2-4-10(9)19-8-11(17)15-5-6-16-12(14)18/h1-4H,5-8,13H2,(H,15,17)(H3,14,16,18). The molecule has 0 heterocycles. The molecule has 0 aliphatic heterocycles. The number of benzene rings is 1. The summed E-state index contributed by atoms with van der Waals surface area (Å²) in [5.74, 6) is 0.313. The first kappa shape index (κ1) is 14.8. The van der Waals surface area contributed by atoms with Gasteiger partial charge in [-0.25, -0.2) is 4.79 Å². The van der Waals surface area contributed by atoms with Gasteiger partial charge in [-0.2, -0.15) is 0 Å². The molecule has 0 aromatic heterocycles. The fourth-order valence-electron chi connectivity index (χ4n) is 1.40. The lowest BCUT2D eigenvalue weighted by Gasteiger charge is -2.10. The number of amides is 3. The van der Waals surface area contributed by atoms with Gasteiger partial charge >= 0.3 is 6.03 Å². The molecule has 0 saturated carbocycles. The highest BCUT2D eigenvalue weighted by atomic mass is 16.5. The highest BCUT2D eigenvalue weighted by molar-refractivity contribution is 5.77. The quantitative estimate of drug-likeness (QED) is 0.488. The van der Waals surface area contributed by atoms with Gasteiger partial charge in [-0.05, 0) is 6.07 Å². The van der Waals surface area contributed by atoms with Crippen LogP contribution in [0.4, 0.5) is 4.79 Å². The van der Waals surface area contributed by atoms with Crippen molar-refractivity contribution in [3.8, 4) is 5.75 Å². The van der Waals surface area contributed by atoms with Crippen molar-refractivity contribution in [2.45, 2.75) is 6.54 Å². The molecule has 1 rings (SSSR count).